The van der Waals surface area contributed by atoms with Gasteiger partial charge in [0.15, 0.2) is 11.4 Å². The van der Waals surface area contributed by atoms with Crippen molar-refractivity contribution in [1.82, 2.24) is 20.3 Å². The number of aromatic amines is 1. The number of aromatic nitrogens is 3. The molecular formula is C34H44Cl2F5N5O4. The van der Waals surface area contributed by atoms with E-state index in [9.17, 15) is 31.5 Å². The maximum atomic E-state index is 13.2. The van der Waals surface area contributed by atoms with Gasteiger partial charge >= 0.3 is 12.8 Å². The number of halogens is 7. The molecule has 0 radical (unpaired) electrons. The summed E-state index contributed by atoms with van der Waals surface area (Å²) >= 11 is 12.7. The smallest absolute Gasteiger partial charge is 0.403 e. The number of Topliss-reactive ketones (excluding diaryl/α,β-unsaturated/α-hetero) is 1. The molecule has 278 valence electrons. The maximum Gasteiger partial charge on any atom is 0.403 e. The second-order valence-corrected chi connectivity index (χ2v) is 12.7. The van der Waals surface area contributed by atoms with Crippen molar-refractivity contribution in [1.29, 1.82) is 0 Å². The highest BCUT2D eigenvalue weighted by Crippen LogP contribution is 2.57. The molecule has 0 aliphatic heterocycles. The number of carbonyl (C=O) groups is 2. The molecule has 16 heteroatoms. The monoisotopic (exact) mass is 751 g/mol. The molecule has 0 saturated heterocycles. The second-order valence-electron chi connectivity index (χ2n) is 11.9. The Morgan fingerprint density at radius 2 is 1.76 bits per heavy atom. The number of benzene rings is 1. The molecule has 2 saturated carbocycles. The van der Waals surface area contributed by atoms with Gasteiger partial charge in [-0.15, -0.1) is 0 Å². The van der Waals surface area contributed by atoms with Gasteiger partial charge in [-0.25, -0.2) is 0 Å². The fourth-order valence-electron chi connectivity index (χ4n) is 5.58. The number of nitrogens with zero attached hydrogens (tertiary/aromatic N) is 2. The van der Waals surface area contributed by atoms with Crippen LogP contribution in [0.3, 0.4) is 0 Å². The van der Waals surface area contributed by atoms with Crippen molar-refractivity contribution in [3.05, 3.63) is 39.4 Å². The van der Waals surface area contributed by atoms with Crippen molar-refractivity contribution in [2.24, 2.45) is 11.3 Å². The molecule has 0 atom stereocenters. The summed E-state index contributed by atoms with van der Waals surface area (Å²) < 4.78 is 73.4. The number of alkyl halides is 5. The Bertz CT molecular complexity index is 1570. The summed E-state index contributed by atoms with van der Waals surface area (Å²) in [6, 6.07) is 4.32. The van der Waals surface area contributed by atoms with E-state index < -0.39 is 36.5 Å². The first kappa shape index (κ1) is 41.2. The van der Waals surface area contributed by atoms with Gasteiger partial charge in [0, 0.05) is 6.54 Å². The van der Waals surface area contributed by atoms with E-state index in [4.69, 9.17) is 27.9 Å². The molecule has 1 amide bonds. The van der Waals surface area contributed by atoms with Crippen LogP contribution in [0.1, 0.15) is 101 Å². The van der Waals surface area contributed by atoms with Crippen LogP contribution in [0.5, 0.6) is 5.88 Å². The van der Waals surface area contributed by atoms with Gasteiger partial charge in [-0.1, -0.05) is 95.0 Å². The quantitative estimate of drug-likeness (QED) is 0.0904. The number of ketones is 1. The Labute approximate surface area is 298 Å². The van der Waals surface area contributed by atoms with E-state index in [1.807, 2.05) is 13.8 Å². The Morgan fingerprint density at radius 3 is 2.34 bits per heavy atom. The van der Waals surface area contributed by atoms with Crippen LogP contribution in [0.15, 0.2) is 18.2 Å². The van der Waals surface area contributed by atoms with E-state index in [1.54, 1.807) is 0 Å². The van der Waals surface area contributed by atoms with E-state index >= 15 is 0 Å². The molecule has 0 spiro atoms. The molecule has 50 heavy (non-hydrogen) atoms. The van der Waals surface area contributed by atoms with Crippen molar-refractivity contribution in [2.45, 2.75) is 105 Å². The van der Waals surface area contributed by atoms with Gasteiger partial charge in [0.05, 0.1) is 33.4 Å². The summed E-state index contributed by atoms with van der Waals surface area (Å²) in [5.41, 5.74) is -1.44. The molecule has 9 nitrogen and oxygen atoms in total. The van der Waals surface area contributed by atoms with Gasteiger partial charge in [-0.2, -0.15) is 31.9 Å². The first-order chi connectivity index (χ1) is 23.8. The Balaban J connectivity index is 0.000000528. The third-order valence-corrected chi connectivity index (χ3v) is 9.13. The summed E-state index contributed by atoms with van der Waals surface area (Å²) in [5, 5.41) is 5.32. The summed E-state index contributed by atoms with van der Waals surface area (Å²) in [5.74, 6) is -0.475. The highest BCUT2D eigenvalue weighted by molar-refractivity contribution is 6.39. The molecular weight excluding hydrogens is 708 g/mol. The number of hydrogen-bond donors (Lipinski definition) is 3. The molecule has 3 aromatic rings. The maximum absolute atomic E-state index is 13.2. The predicted octanol–water partition coefficient (Wildman–Crippen LogP) is 10.2. The van der Waals surface area contributed by atoms with Crippen molar-refractivity contribution in [2.75, 3.05) is 18.5 Å². The van der Waals surface area contributed by atoms with E-state index in [0.29, 0.717) is 11.1 Å². The van der Waals surface area contributed by atoms with E-state index in [2.05, 4.69) is 37.2 Å². The zero-order valence-corrected chi connectivity index (χ0v) is 30.1. The van der Waals surface area contributed by atoms with Gasteiger partial charge in [-0.05, 0) is 43.4 Å². The number of pyridine rings is 1. The molecule has 0 bridgehead atoms. The highest BCUT2D eigenvalue weighted by atomic mass is 35.5. The molecule has 2 aliphatic carbocycles. The van der Waals surface area contributed by atoms with Gasteiger partial charge in [0.2, 0.25) is 17.7 Å². The third kappa shape index (κ3) is 10.9. The van der Waals surface area contributed by atoms with E-state index in [-0.39, 0.29) is 64.8 Å². The standard InChI is InChI=1S/C23H20Cl2F5N5O4.C9H18.C2H6/c1-10(36)12-8-14-17(34-18(12)38-6-7-39-20(26)27)35-21(32-14)33-16-13(24)3-2-11(15(16)25)9-31-19(37)22(4-5-22)23(28,29)30;1-2-6-9-7-4-3-5-8-9;1-2/h2-3,8,20H,4-7,9H2,1H3,(H,31,37)(H2,32,33,34,35);9H,2-8H2,1H3;1-2H3. The molecule has 1 aromatic carbocycles. The zero-order chi connectivity index (χ0) is 37.1. The minimum Gasteiger partial charge on any atom is -0.475 e. The molecule has 5 rings (SSSR count). The third-order valence-electron chi connectivity index (χ3n) is 8.39. The fraction of sp³-hybridized carbons (Fsp3) is 0.588. The summed E-state index contributed by atoms with van der Waals surface area (Å²) in [6.07, 6.45) is 5.24. The summed E-state index contributed by atoms with van der Waals surface area (Å²) in [4.78, 5) is 35.6. The SMILES string of the molecule is CC.CC(=O)c1cc2[nH]c(Nc3c(Cl)ccc(CNC(=O)C4(C(F)(F)F)CC4)c3Cl)nc2nc1OCCOC(F)F.CCCC1CCCCC1. The van der Waals surface area contributed by atoms with Crippen LogP contribution in [0.4, 0.5) is 33.6 Å². The number of imidazole rings is 1. The highest BCUT2D eigenvalue weighted by Gasteiger charge is 2.68. The van der Waals surface area contributed by atoms with Crippen LogP contribution >= 0.6 is 23.2 Å². The van der Waals surface area contributed by atoms with E-state index in [0.717, 1.165) is 5.92 Å². The normalized spacial score (nSPS) is 15.4. The van der Waals surface area contributed by atoms with Crippen LogP contribution in [-0.4, -0.2) is 52.6 Å². The Kier molecular flexibility index (Phi) is 15.5. The molecule has 0 unspecified atom stereocenters. The number of carbonyl (C=O) groups excluding carboxylic acids is 2. The lowest BCUT2D eigenvalue weighted by Gasteiger charge is -2.20. The molecule has 2 aromatic heterocycles. The zero-order valence-electron chi connectivity index (χ0n) is 28.5. The summed E-state index contributed by atoms with van der Waals surface area (Å²) in [6.45, 7) is 3.59. The lowest BCUT2D eigenvalue weighted by molar-refractivity contribution is -0.192. The van der Waals surface area contributed by atoms with Crippen molar-refractivity contribution in [3.8, 4) is 5.88 Å². The lowest BCUT2D eigenvalue weighted by atomic mass is 9.86. The van der Waals surface area contributed by atoms with Gasteiger partial charge < -0.3 is 25.1 Å². The second kappa shape index (κ2) is 18.8. The number of anilines is 2. The van der Waals surface area contributed by atoms with Crippen molar-refractivity contribution < 1.29 is 41.0 Å². The van der Waals surface area contributed by atoms with Crippen LogP contribution in [0.2, 0.25) is 10.0 Å². The fourth-order valence-corrected chi connectivity index (χ4v) is 6.11. The van der Waals surface area contributed by atoms with E-state index in [1.165, 1.54) is 70.1 Å². The number of ether oxygens (including phenoxy) is 2. The predicted molar refractivity (Wildman–Crippen MR) is 183 cm³/mol. The Morgan fingerprint density at radius 1 is 1.08 bits per heavy atom. The average molecular weight is 753 g/mol. The number of rotatable bonds is 13. The van der Waals surface area contributed by atoms with Crippen LogP contribution in [0.25, 0.3) is 11.2 Å². The minimum absolute atomic E-state index is 0.0283. The number of amides is 1. The molecule has 3 N–H and O–H groups in total. The minimum atomic E-state index is -4.64. The van der Waals surface area contributed by atoms with Gasteiger partial charge in [0.1, 0.15) is 12.0 Å². The molecule has 2 heterocycles. The van der Waals surface area contributed by atoms with Crippen LogP contribution in [0, 0.1) is 11.3 Å². The van der Waals surface area contributed by atoms with Crippen molar-refractivity contribution >= 4 is 57.7 Å². The number of hydrogen-bond acceptors (Lipinski definition) is 7. The topological polar surface area (TPSA) is 118 Å². The average Bonchev–Trinajstić information content (AvgIpc) is 3.82. The summed E-state index contributed by atoms with van der Waals surface area (Å²) in [7, 11) is 0. The largest absolute Gasteiger partial charge is 0.475 e. The number of H-pyrrole nitrogens is 1. The van der Waals surface area contributed by atoms with Crippen molar-refractivity contribution in [3.63, 3.8) is 0 Å². The first-order valence-electron chi connectivity index (χ1n) is 16.8. The molecule has 2 fully saturated rings. The van der Waals surface area contributed by atoms with Crippen LogP contribution in [-0.2, 0) is 16.1 Å². The Hall–Kier alpha value is -3.23. The first-order valence-corrected chi connectivity index (χ1v) is 17.5. The van der Waals surface area contributed by atoms with Crippen LogP contribution < -0.4 is 15.4 Å². The van der Waals surface area contributed by atoms with Gasteiger partial charge in [0.25, 0.3) is 0 Å². The van der Waals surface area contributed by atoms with Gasteiger partial charge in [-0.3, -0.25) is 9.59 Å². The number of nitrogens with one attached hydrogen (secondary N) is 3. The number of fused-ring (bicyclic) bond motifs is 1. The molecule has 2 aliphatic rings. The lowest BCUT2D eigenvalue weighted by Crippen LogP contribution is -2.40.